The molecule has 4 heteroatoms. The monoisotopic (exact) mass is 329 g/mol. The molecular weight excluding hydrogens is 298 g/mol. The van der Waals surface area contributed by atoms with Gasteiger partial charge >= 0.3 is 0 Å². The standard InChI is InChI=1S/C20H31N3O/c1-15(2)12-20(24)23-16(3)13-18-14-17(4-5-19(18)23)6-9-22-10-7-21-8-11-22/h4-5,14-16,21H,6-13H2,1-3H3. The molecule has 2 heterocycles. The Morgan fingerprint density at radius 2 is 2.04 bits per heavy atom. The van der Waals surface area contributed by atoms with Crippen LogP contribution in [0.3, 0.4) is 0 Å². The number of carbonyl (C=O) groups excluding carboxylic acids is 1. The van der Waals surface area contributed by atoms with Gasteiger partial charge in [0.25, 0.3) is 0 Å². The molecule has 1 atom stereocenters. The lowest BCUT2D eigenvalue weighted by Gasteiger charge is -2.27. The average molecular weight is 329 g/mol. The highest BCUT2D eigenvalue weighted by molar-refractivity contribution is 5.96. The number of benzene rings is 1. The number of hydrogen-bond acceptors (Lipinski definition) is 3. The lowest BCUT2D eigenvalue weighted by molar-refractivity contribution is -0.119. The van der Waals surface area contributed by atoms with Gasteiger partial charge in [-0.25, -0.2) is 0 Å². The van der Waals surface area contributed by atoms with Crippen molar-refractivity contribution in [3.8, 4) is 0 Å². The molecule has 1 N–H and O–H groups in total. The van der Waals surface area contributed by atoms with Crippen molar-refractivity contribution in [3.63, 3.8) is 0 Å². The van der Waals surface area contributed by atoms with Gasteiger partial charge in [0, 0.05) is 50.9 Å². The third-order valence-corrected chi connectivity index (χ3v) is 5.14. The number of amides is 1. The average Bonchev–Trinajstić information content (AvgIpc) is 2.88. The Hall–Kier alpha value is -1.39. The van der Waals surface area contributed by atoms with Crippen LogP contribution in [-0.2, 0) is 17.6 Å². The third kappa shape index (κ3) is 3.98. The highest BCUT2D eigenvalue weighted by atomic mass is 16.2. The lowest BCUT2D eigenvalue weighted by Crippen LogP contribution is -2.44. The molecule has 132 valence electrons. The van der Waals surface area contributed by atoms with E-state index >= 15 is 0 Å². The maximum absolute atomic E-state index is 12.6. The summed E-state index contributed by atoms with van der Waals surface area (Å²) >= 11 is 0. The molecule has 0 aromatic heterocycles. The highest BCUT2D eigenvalue weighted by Crippen LogP contribution is 2.34. The summed E-state index contributed by atoms with van der Waals surface area (Å²) in [5.74, 6) is 0.678. The third-order valence-electron chi connectivity index (χ3n) is 5.14. The van der Waals surface area contributed by atoms with E-state index in [2.05, 4.69) is 49.2 Å². The molecule has 4 nitrogen and oxygen atoms in total. The maximum Gasteiger partial charge on any atom is 0.227 e. The largest absolute Gasteiger partial charge is 0.314 e. The van der Waals surface area contributed by atoms with E-state index in [0.29, 0.717) is 12.3 Å². The minimum Gasteiger partial charge on any atom is -0.314 e. The summed E-state index contributed by atoms with van der Waals surface area (Å²) < 4.78 is 0. The second-order valence-corrected chi connectivity index (χ2v) is 7.72. The molecule has 0 spiro atoms. The summed E-state index contributed by atoms with van der Waals surface area (Å²) in [6, 6.07) is 7.00. The Morgan fingerprint density at radius 1 is 1.29 bits per heavy atom. The molecular formula is C20H31N3O. The first-order chi connectivity index (χ1) is 11.5. The molecule has 24 heavy (non-hydrogen) atoms. The second kappa shape index (κ2) is 7.66. The molecule has 0 bridgehead atoms. The van der Waals surface area contributed by atoms with Crippen LogP contribution in [0.25, 0.3) is 0 Å². The predicted octanol–water partition coefficient (Wildman–Crippen LogP) is 2.46. The van der Waals surface area contributed by atoms with Crippen molar-refractivity contribution in [2.75, 3.05) is 37.6 Å². The second-order valence-electron chi connectivity index (χ2n) is 7.72. The number of rotatable bonds is 5. The van der Waals surface area contributed by atoms with E-state index in [1.165, 1.54) is 11.1 Å². The summed E-state index contributed by atoms with van der Waals surface area (Å²) in [5.41, 5.74) is 3.88. The van der Waals surface area contributed by atoms with Gasteiger partial charge in [0.15, 0.2) is 0 Å². The SMILES string of the molecule is CC(C)CC(=O)N1c2ccc(CCN3CCNCC3)cc2CC1C. The molecule has 1 saturated heterocycles. The summed E-state index contributed by atoms with van der Waals surface area (Å²) in [7, 11) is 0. The fraction of sp³-hybridized carbons (Fsp3) is 0.650. The molecule has 2 aliphatic heterocycles. The number of fused-ring (bicyclic) bond motifs is 1. The van der Waals surface area contributed by atoms with E-state index in [-0.39, 0.29) is 11.9 Å². The molecule has 0 radical (unpaired) electrons. The van der Waals surface area contributed by atoms with Crippen LogP contribution in [0.15, 0.2) is 18.2 Å². The van der Waals surface area contributed by atoms with Gasteiger partial charge < -0.3 is 15.1 Å². The van der Waals surface area contributed by atoms with Crippen LogP contribution in [0.2, 0.25) is 0 Å². The van der Waals surface area contributed by atoms with Crippen LogP contribution in [0, 0.1) is 5.92 Å². The number of piperazine rings is 1. The number of nitrogens with zero attached hydrogens (tertiary/aromatic N) is 2. The predicted molar refractivity (Wildman–Crippen MR) is 99.6 cm³/mol. The highest BCUT2D eigenvalue weighted by Gasteiger charge is 2.31. The quantitative estimate of drug-likeness (QED) is 0.901. The first kappa shape index (κ1) is 17.4. The van der Waals surface area contributed by atoms with Crippen molar-refractivity contribution in [3.05, 3.63) is 29.3 Å². The van der Waals surface area contributed by atoms with E-state index in [1.807, 2.05) is 4.90 Å². The lowest BCUT2D eigenvalue weighted by atomic mass is 10.0. The van der Waals surface area contributed by atoms with E-state index in [9.17, 15) is 4.79 Å². The smallest absolute Gasteiger partial charge is 0.227 e. The van der Waals surface area contributed by atoms with Gasteiger partial charge in [0.1, 0.15) is 0 Å². The summed E-state index contributed by atoms with van der Waals surface area (Å²) in [6.45, 7) is 12.0. The van der Waals surface area contributed by atoms with Crippen LogP contribution in [0.1, 0.15) is 38.3 Å². The van der Waals surface area contributed by atoms with Crippen molar-refractivity contribution in [1.29, 1.82) is 0 Å². The fourth-order valence-electron chi connectivity index (χ4n) is 3.89. The van der Waals surface area contributed by atoms with Gasteiger partial charge in [-0.3, -0.25) is 4.79 Å². The Labute approximate surface area is 146 Å². The van der Waals surface area contributed by atoms with Crippen LogP contribution < -0.4 is 10.2 Å². The van der Waals surface area contributed by atoms with Gasteiger partial charge in [-0.05, 0) is 42.9 Å². The molecule has 1 fully saturated rings. The first-order valence-electron chi connectivity index (χ1n) is 9.41. The first-order valence-corrected chi connectivity index (χ1v) is 9.41. The van der Waals surface area contributed by atoms with Gasteiger partial charge in [-0.2, -0.15) is 0 Å². The Balaban J connectivity index is 1.65. The Bertz CT molecular complexity index is 578. The van der Waals surface area contributed by atoms with Crippen molar-refractivity contribution < 1.29 is 4.79 Å². The number of carbonyl (C=O) groups is 1. The zero-order chi connectivity index (χ0) is 17.1. The van der Waals surface area contributed by atoms with Gasteiger partial charge in [-0.15, -0.1) is 0 Å². The molecule has 1 unspecified atom stereocenters. The van der Waals surface area contributed by atoms with Crippen LogP contribution in [0.5, 0.6) is 0 Å². The summed E-state index contributed by atoms with van der Waals surface area (Å²) in [6.07, 6.45) is 2.72. The number of nitrogens with one attached hydrogen (secondary N) is 1. The minimum absolute atomic E-state index is 0.268. The van der Waals surface area contributed by atoms with Crippen LogP contribution >= 0.6 is 0 Å². The molecule has 2 aliphatic rings. The molecule has 0 aliphatic carbocycles. The molecule has 1 aromatic rings. The van der Waals surface area contributed by atoms with Crippen molar-refractivity contribution in [2.24, 2.45) is 5.92 Å². The summed E-state index contributed by atoms with van der Waals surface area (Å²) in [5, 5.41) is 3.40. The topological polar surface area (TPSA) is 35.6 Å². The minimum atomic E-state index is 0.268. The molecule has 0 saturated carbocycles. The van der Waals surface area contributed by atoms with Gasteiger partial charge in [-0.1, -0.05) is 26.0 Å². The van der Waals surface area contributed by atoms with Crippen molar-refractivity contribution in [1.82, 2.24) is 10.2 Å². The van der Waals surface area contributed by atoms with Crippen LogP contribution in [0.4, 0.5) is 5.69 Å². The van der Waals surface area contributed by atoms with Crippen LogP contribution in [-0.4, -0.2) is 49.6 Å². The molecule has 3 rings (SSSR count). The van der Waals surface area contributed by atoms with E-state index < -0.39 is 0 Å². The van der Waals surface area contributed by atoms with E-state index in [0.717, 1.165) is 51.3 Å². The zero-order valence-electron chi connectivity index (χ0n) is 15.3. The Morgan fingerprint density at radius 3 is 2.75 bits per heavy atom. The number of anilines is 1. The number of hydrogen-bond donors (Lipinski definition) is 1. The Kier molecular flexibility index (Phi) is 5.57. The van der Waals surface area contributed by atoms with E-state index in [4.69, 9.17) is 0 Å². The maximum atomic E-state index is 12.6. The van der Waals surface area contributed by atoms with Crippen molar-refractivity contribution >= 4 is 11.6 Å². The zero-order valence-corrected chi connectivity index (χ0v) is 15.3. The van der Waals surface area contributed by atoms with Crippen molar-refractivity contribution in [2.45, 2.75) is 46.1 Å². The normalized spacial score (nSPS) is 21.3. The summed E-state index contributed by atoms with van der Waals surface area (Å²) in [4.78, 5) is 17.1. The molecule has 1 amide bonds. The van der Waals surface area contributed by atoms with Gasteiger partial charge in [0.2, 0.25) is 5.91 Å². The fourth-order valence-corrected chi connectivity index (χ4v) is 3.89. The molecule has 1 aromatic carbocycles. The van der Waals surface area contributed by atoms with E-state index in [1.54, 1.807) is 0 Å². The van der Waals surface area contributed by atoms with Gasteiger partial charge in [0.05, 0.1) is 0 Å².